The fourth-order valence-electron chi connectivity index (χ4n) is 2.48. The van der Waals surface area contributed by atoms with E-state index in [-0.39, 0.29) is 0 Å². The number of allylic oxidation sites excluding steroid dienone is 5. The lowest BCUT2D eigenvalue weighted by atomic mass is 10.1. The second-order valence-electron chi connectivity index (χ2n) is 6.13. The molecule has 0 aromatic rings. The molecule has 2 N–H and O–H groups in total. The molecule has 0 aliphatic rings. The largest absolute Gasteiger partial charge is 0.475 e. The lowest BCUT2D eigenvalue weighted by Gasteiger charge is -2.01. The molecule has 0 fully saturated rings. The molecule has 0 spiro atoms. The van der Waals surface area contributed by atoms with E-state index in [1.54, 1.807) is 6.08 Å². The van der Waals surface area contributed by atoms with Gasteiger partial charge >= 0.3 is 5.97 Å². The number of hydrogen-bond acceptors (Lipinski definition) is 4. The molecule has 0 heterocycles. The van der Waals surface area contributed by atoms with Crippen LogP contribution in [-0.4, -0.2) is 16.3 Å². The molecule has 5 heteroatoms. The summed E-state index contributed by atoms with van der Waals surface area (Å²) in [6.45, 7) is 2.25. The van der Waals surface area contributed by atoms with Gasteiger partial charge < -0.3 is 9.99 Å². The Morgan fingerprint density at radius 3 is 1.92 bits per heavy atom. The van der Waals surface area contributed by atoms with E-state index >= 15 is 0 Å². The molecule has 0 saturated heterocycles. The van der Waals surface area contributed by atoms with Crippen LogP contribution in [0.25, 0.3) is 0 Å². The molecule has 0 saturated carbocycles. The summed E-state index contributed by atoms with van der Waals surface area (Å²) in [4.78, 5) is 14.7. The molecule has 0 aromatic carbocycles. The predicted molar refractivity (Wildman–Crippen MR) is 99.9 cm³/mol. The third kappa shape index (κ3) is 17.0. The van der Waals surface area contributed by atoms with Crippen molar-refractivity contribution in [3.05, 3.63) is 36.1 Å². The fourth-order valence-corrected chi connectivity index (χ4v) is 2.48. The average molecular weight is 354 g/mol. The van der Waals surface area contributed by atoms with Crippen LogP contribution in [0, 0.1) is 0 Å². The van der Waals surface area contributed by atoms with E-state index in [0.717, 1.165) is 6.42 Å². The van der Waals surface area contributed by atoms with Gasteiger partial charge in [0.15, 0.2) is 0 Å². The minimum atomic E-state index is -1.32. The Bertz CT molecular complexity index is 399. The summed E-state index contributed by atoms with van der Waals surface area (Å²) >= 11 is 0. The smallest absolute Gasteiger partial charge is 0.375 e. The Hall–Kier alpha value is -1.59. The van der Waals surface area contributed by atoms with Crippen LogP contribution < -0.4 is 0 Å². The molecule has 0 unspecified atom stereocenters. The first-order valence-electron chi connectivity index (χ1n) is 9.47. The maximum atomic E-state index is 10.6. The average Bonchev–Trinajstić information content (AvgIpc) is 2.60. The second-order valence-corrected chi connectivity index (χ2v) is 6.13. The first kappa shape index (κ1) is 23.4. The van der Waals surface area contributed by atoms with Gasteiger partial charge in [-0.25, -0.2) is 10.1 Å². The second kappa shape index (κ2) is 18.7. The maximum Gasteiger partial charge on any atom is 0.375 e. The van der Waals surface area contributed by atoms with Gasteiger partial charge in [0.25, 0.3) is 5.76 Å². The fraction of sp³-hybridized carbons (Fsp3) is 0.650. The molecular weight excluding hydrogens is 320 g/mol. The van der Waals surface area contributed by atoms with E-state index in [2.05, 4.69) is 22.9 Å². The zero-order valence-electron chi connectivity index (χ0n) is 15.5. The van der Waals surface area contributed by atoms with Crippen LogP contribution in [0.2, 0.25) is 0 Å². The molecule has 0 aliphatic carbocycles. The van der Waals surface area contributed by atoms with Gasteiger partial charge in [0.2, 0.25) is 0 Å². The van der Waals surface area contributed by atoms with Crippen molar-refractivity contribution in [3.8, 4) is 0 Å². The van der Waals surface area contributed by atoms with Gasteiger partial charge in [0.05, 0.1) is 0 Å². The van der Waals surface area contributed by atoms with Crippen LogP contribution in [0.5, 0.6) is 0 Å². The monoisotopic (exact) mass is 354 g/mol. The minimum absolute atomic E-state index is 0.488. The van der Waals surface area contributed by atoms with Crippen LogP contribution in [-0.2, 0) is 14.7 Å². The van der Waals surface area contributed by atoms with Crippen LogP contribution in [0.1, 0.15) is 84.0 Å². The summed E-state index contributed by atoms with van der Waals surface area (Å²) in [5.41, 5.74) is 0. The molecule has 144 valence electrons. The first-order chi connectivity index (χ1) is 12.2. The topological polar surface area (TPSA) is 76.0 Å². The van der Waals surface area contributed by atoms with Gasteiger partial charge in [-0.2, -0.15) is 0 Å². The summed E-state index contributed by atoms with van der Waals surface area (Å²) in [6.07, 6.45) is 24.1. The standard InChI is InChI=1S/C20H34O5/c1-2-3-4-5-6-7-8-9-10-11-12-13-14-15-16-17-18-19(20(21)22)24-25-23/h14-18,23H,2-13H2,1H3,(H,21,22)/b15-14+,17-16+,19-18-. The normalized spacial score (nSPS) is 12.3. The lowest BCUT2D eigenvalue weighted by Crippen LogP contribution is -2.03. The number of hydrogen-bond donors (Lipinski definition) is 2. The van der Waals surface area contributed by atoms with Crippen LogP contribution >= 0.6 is 0 Å². The Labute approximate surface area is 151 Å². The summed E-state index contributed by atoms with van der Waals surface area (Å²) in [5, 5.41) is 20.1. The Morgan fingerprint density at radius 1 is 0.840 bits per heavy atom. The molecular formula is C20H34O5. The van der Waals surface area contributed by atoms with E-state index in [9.17, 15) is 4.79 Å². The zero-order valence-corrected chi connectivity index (χ0v) is 15.5. The third-order valence-electron chi connectivity index (χ3n) is 3.92. The van der Waals surface area contributed by atoms with Crippen molar-refractivity contribution >= 4 is 5.97 Å². The molecule has 0 aromatic heterocycles. The number of rotatable bonds is 17. The zero-order chi connectivity index (χ0) is 18.6. The van der Waals surface area contributed by atoms with E-state index in [0.29, 0.717) is 0 Å². The van der Waals surface area contributed by atoms with Crippen molar-refractivity contribution in [1.82, 2.24) is 0 Å². The summed E-state index contributed by atoms with van der Waals surface area (Å²) in [6, 6.07) is 0. The van der Waals surface area contributed by atoms with Gasteiger partial charge in [-0.05, 0) is 24.0 Å². The van der Waals surface area contributed by atoms with Crippen molar-refractivity contribution in [2.45, 2.75) is 84.0 Å². The van der Waals surface area contributed by atoms with Crippen LogP contribution in [0.4, 0.5) is 0 Å². The van der Waals surface area contributed by atoms with Crippen molar-refractivity contribution in [3.63, 3.8) is 0 Å². The van der Waals surface area contributed by atoms with Crippen molar-refractivity contribution in [1.29, 1.82) is 0 Å². The molecule has 5 nitrogen and oxygen atoms in total. The van der Waals surface area contributed by atoms with Gasteiger partial charge in [0.1, 0.15) is 0 Å². The Morgan fingerprint density at radius 2 is 1.40 bits per heavy atom. The molecule has 0 atom stereocenters. The van der Waals surface area contributed by atoms with Crippen molar-refractivity contribution in [2.75, 3.05) is 0 Å². The Kier molecular flexibility index (Phi) is 17.6. The van der Waals surface area contributed by atoms with E-state index in [4.69, 9.17) is 10.4 Å². The minimum Gasteiger partial charge on any atom is -0.475 e. The number of carboxylic acid groups (broad SMARTS) is 1. The first-order valence-corrected chi connectivity index (χ1v) is 9.47. The van der Waals surface area contributed by atoms with Gasteiger partial charge in [-0.1, -0.05) is 95.4 Å². The van der Waals surface area contributed by atoms with E-state index in [1.165, 1.54) is 82.8 Å². The van der Waals surface area contributed by atoms with Gasteiger partial charge in [-0.3, -0.25) is 0 Å². The van der Waals surface area contributed by atoms with Crippen molar-refractivity contribution < 1.29 is 25.1 Å². The molecule has 0 radical (unpaired) electrons. The van der Waals surface area contributed by atoms with E-state index in [1.807, 2.05) is 6.08 Å². The summed E-state index contributed by atoms with van der Waals surface area (Å²) < 4.78 is 0. The number of unbranched alkanes of at least 4 members (excludes halogenated alkanes) is 11. The van der Waals surface area contributed by atoms with Crippen LogP contribution in [0.3, 0.4) is 0 Å². The Balaban J connectivity index is 3.50. The lowest BCUT2D eigenvalue weighted by molar-refractivity contribution is -0.470. The number of carboxylic acids is 1. The van der Waals surface area contributed by atoms with Crippen LogP contribution in [0.15, 0.2) is 36.1 Å². The van der Waals surface area contributed by atoms with Gasteiger partial charge in [-0.15, -0.1) is 0 Å². The summed E-state index contributed by atoms with van der Waals surface area (Å²) in [5.74, 6) is -1.80. The molecule has 0 amide bonds. The highest BCUT2D eigenvalue weighted by molar-refractivity contribution is 5.84. The third-order valence-corrected chi connectivity index (χ3v) is 3.92. The van der Waals surface area contributed by atoms with Crippen molar-refractivity contribution in [2.24, 2.45) is 0 Å². The summed E-state index contributed by atoms with van der Waals surface area (Å²) in [7, 11) is 0. The predicted octanol–water partition coefficient (Wildman–Crippen LogP) is 6.19. The highest BCUT2D eigenvalue weighted by Gasteiger charge is 2.07. The quantitative estimate of drug-likeness (QED) is 0.0813. The van der Waals surface area contributed by atoms with Gasteiger partial charge in [0, 0.05) is 0 Å². The number of carbonyl (C=O) groups is 1. The maximum absolute atomic E-state index is 10.6. The highest BCUT2D eigenvalue weighted by atomic mass is 17.5. The number of aliphatic carboxylic acids is 1. The molecule has 25 heavy (non-hydrogen) atoms. The highest BCUT2D eigenvalue weighted by Crippen LogP contribution is 2.12. The SMILES string of the molecule is CCCCCCCCCCCCC/C=C/C=C/C=C(\OOO)C(=O)O. The molecule has 0 rings (SSSR count). The van der Waals surface area contributed by atoms with E-state index < -0.39 is 11.7 Å². The molecule has 0 aliphatic heterocycles. The molecule has 0 bridgehead atoms.